The Balaban J connectivity index is 1.51. The van der Waals surface area contributed by atoms with Crippen molar-refractivity contribution in [2.75, 3.05) is 7.11 Å². The first-order valence-corrected chi connectivity index (χ1v) is 13.1. The summed E-state index contributed by atoms with van der Waals surface area (Å²) >= 11 is 6.20. The molecule has 6 heteroatoms. The van der Waals surface area contributed by atoms with Crippen LogP contribution in [-0.4, -0.2) is 22.4 Å². The summed E-state index contributed by atoms with van der Waals surface area (Å²) in [6.45, 7) is 4.06. The molecule has 5 nitrogen and oxygen atoms in total. The van der Waals surface area contributed by atoms with Gasteiger partial charge in [-0.25, -0.2) is 4.98 Å². The molecule has 5 rings (SSSR count). The van der Waals surface area contributed by atoms with Crippen LogP contribution in [0.2, 0.25) is 5.02 Å². The van der Waals surface area contributed by atoms with Crippen LogP contribution in [-0.2, 0) is 11.2 Å². The molecule has 0 aliphatic carbocycles. The number of aryl methyl sites for hydroxylation is 2. The Morgan fingerprint density at radius 3 is 2.58 bits per heavy atom. The minimum atomic E-state index is -0.0665. The molecule has 2 heterocycles. The maximum absolute atomic E-state index is 13.0. The van der Waals surface area contributed by atoms with Crippen LogP contribution in [0.5, 0.6) is 5.75 Å². The average Bonchev–Trinajstić information content (AvgIpc) is 3.30. The summed E-state index contributed by atoms with van der Waals surface area (Å²) in [7, 11) is 1.66. The van der Waals surface area contributed by atoms with Gasteiger partial charge >= 0.3 is 0 Å². The van der Waals surface area contributed by atoms with Crippen molar-refractivity contribution < 1.29 is 9.53 Å². The van der Waals surface area contributed by atoms with E-state index >= 15 is 0 Å². The van der Waals surface area contributed by atoms with E-state index in [1.807, 2.05) is 85.8 Å². The number of ether oxygens (including phenoxy) is 1. The molecule has 2 aromatic heterocycles. The number of amides is 1. The Morgan fingerprint density at radius 2 is 1.82 bits per heavy atom. The summed E-state index contributed by atoms with van der Waals surface area (Å²) in [5.41, 5.74) is 7.94. The van der Waals surface area contributed by atoms with Crippen LogP contribution in [0.15, 0.2) is 91.1 Å². The van der Waals surface area contributed by atoms with Crippen molar-refractivity contribution in [3.05, 3.63) is 113 Å². The van der Waals surface area contributed by atoms with Gasteiger partial charge in [-0.2, -0.15) is 0 Å². The van der Waals surface area contributed by atoms with Gasteiger partial charge in [-0.15, -0.1) is 0 Å². The SMILES string of the molecule is COc1cccc(-c2nc3ccc(-c4ccc(Cl)cc4C)cn3c2CCC(=O)NC(C)c2ccccc2)c1. The van der Waals surface area contributed by atoms with E-state index in [1.54, 1.807) is 7.11 Å². The Hall–Kier alpha value is -4.09. The highest BCUT2D eigenvalue weighted by atomic mass is 35.5. The topological polar surface area (TPSA) is 55.6 Å². The van der Waals surface area contributed by atoms with Crippen molar-refractivity contribution in [2.24, 2.45) is 0 Å². The van der Waals surface area contributed by atoms with Crippen LogP contribution in [0.4, 0.5) is 0 Å². The summed E-state index contributed by atoms with van der Waals surface area (Å²) in [4.78, 5) is 18.0. The molecule has 0 bridgehead atoms. The number of aromatic nitrogens is 2. The fourth-order valence-corrected chi connectivity index (χ4v) is 5.04. The molecule has 192 valence electrons. The normalized spacial score (nSPS) is 11.9. The summed E-state index contributed by atoms with van der Waals surface area (Å²) < 4.78 is 7.57. The lowest BCUT2D eigenvalue weighted by molar-refractivity contribution is -0.121. The van der Waals surface area contributed by atoms with E-state index in [2.05, 4.69) is 28.9 Å². The van der Waals surface area contributed by atoms with Gasteiger partial charge in [0.1, 0.15) is 11.4 Å². The molecule has 0 aliphatic rings. The van der Waals surface area contributed by atoms with E-state index in [1.165, 1.54) is 0 Å². The standard InChI is InChI=1S/C32H30ClN3O2/c1-21-18-26(33)13-14-28(21)25-12-16-30-35-32(24-10-7-11-27(19-24)38-3)29(36(30)20-25)15-17-31(37)34-22(2)23-8-5-4-6-9-23/h4-14,16,18-20,22H,15,17H2,1-3H3,(H,34,37). The summed E-state index contributed by atoms with van der Waals surface area (Å²) in [5, 5.41) is 3.85. The Morgan fingerprint density at radius 1 is 1.00 bits per heavy atom. The Labute approximate surface area is 228 Å². The Kier molecular flexibility index (Phi) is 7.47. The van der Waals surface area contributed by atoms with Gasteiger partial charge < -0.3 is 14.5 Å². The van der Waals surface area contributed by atoms with Gasteiger partial charge in [-0.1, -0.05) is 60.1 Å². The molecule has 3 aromatic carbocycles. The van der Waals surface area contributed by atoms with Crippen molar-refractivity contribution >= 4 is 23.2 Å². The van der Waals surface area contributed by atoms with Gasteiger partial charge in [0.05, 0.1) is 24.5 Å². The first kappa shape index (κ1) is 25.6. The minimum Gasteiger partial charge on any atom is -0.497 e. The number of benzene rings is 3. The van der Waals surface area contributed by atoms with E-state index < -0.39 is 0 Å². The number of halogens is 1. The van der Waals surface area contributed by atoms with E-state index in [-0.39, 0.29) is 11.9 Å². The summed E-state index contributed by atoms with van der Waals surface area (Å²) in [6, 6.07) is 27.8. The van der Waals surface area contributed by atoms with Crippen LogP contribution >= 0.6 is 11.6 Å². The molecule has 0 saturated heterocycles. The molecule has 0 radical (unpaired) electrons. The number of carbonyl (C=O) groups excluding carboxylic acids is 1. The smallest absolute Gasteiger partial charge is 0.220 e. The molecule has 0 spiro atoms. The highest BCUT2D eigenvalue weighted by Gasteiger charge is 2.18. The molecule has 0 fully saturated rings. The van der Waals surface area contributed by atoms with E-state index in [4.69, 9.17) is 21.3 Å². The van der Waals surface area contributed by atoms with Crippen molar-refractivity contribution in [1.29, 1.82) is 0 Å². The van der Waals surface area contributed by atoms with Crippen molar-refractivity contribution in [3.63, 3.8) is 0 Å². The highest BCUT2D eigenvalue weighted by molar-refractivity contribution is 6.30. The molecular weight excluding hydrogens is 494 g/mol. The lowest BCUT2D eigenvalue weighted by Gasteiger charge is -2.14. The van der Waals surface area contributed by atoms with E-state index in [0.717, 1.165) is 50.6 Å². The molecule has 38 heavy (non-hydrogen) atoms. The van der Waals surface area contributed by atoms with Gasteiger partial charge in [-0.3, -0.25) is 4.79 Å². The first-order valence-electron chi connectivity index (χ1n) is 12.7. The zero-order valence-corrected chi connectivity index (χ0v) is 22.5. The Bertz CT molecular complexity index is 1590. The fourth-order valence-electron chi connectivity index (χ4n) is 4.81. The largest absolute Gasteiger partial charge is 0.497 e. The fraction of sp³-hybridized carbons (Fsp3) is 0.188. The number of hydrogen-bond acceptors (Lipinski definition) is 3. The van der Waals surface area contributed by atoms with Gasteiger partial charge in [0, 0.05) is 23.2 Å². The maximum Gasteiger partial charge on any atom is 0.220 e. The number of fused-ring (bicyclic) bond motifs is 1. The van der Waals surface area contributed by atoms with Crippen LogP contribution < -0.4 is 10.1 Å². The van der Waals surface area contributed by atoms with Crippen molar-refractivity contribution in [2.45, 2.75) is 32.7 Å². The third kappa shape index (κ3) is 5.43. The zero-order valence-electron chi connectivity index (χ0n) is 21.7. The molecule has 0 saturated carbocycles. The number of nitrogens with zero attached hydrogens (tertiary/aromatic N) is 2. The molecule has 0 aliphatic heterocycles. The number of nitrogens with one attached hydrogen (secondary N) is 1. The number of imidazole rings is 1. The maximum atomic E-state index is 13.0. The van der Waals surface area contributed by atoms with E-state index in [9.17, 15) is 4.79 Å². The van der Waals surface area contributed by atoms with Gasteiger partial charge in [0.25, 0.3) is 0 Å². The van der Waals surface area contributed by atoms with Crippen molar-refractivity contribution in [3.8, 4) is 28.1 Å². The lowest BCUT2D eigenvalue weighted by atomic mass is 10.0. The number of pyridine rings is 1. The predicted octanol–water partition coefficient (Wildman–Crippen LogP) is 7.45. The van der Waals surface area contributed by atoms with Crippen LogP contribution in [0.25, 0.3) is 28.0 Å². The lowest BCUT2D eigenvalue weighted by Crippen LogP contribution is -2.26. The third-order valence-electron chi connectivity index (χ3n) is 6.83. The monoisotopic (exact) mass is 523 g/mol. The molecule has 1 amide bonds. The molecule has 5 aromatic rings. The third-order valence-corrected chi connectivity index (χ3v) is 7.06. The first-order chi connectivity index (χ1) is 18.4. The number of methoxy groups -OCH3 is 1. The zero-order chi connectivity index (χ0) is 26.6. The number of carbonyl (C=O) groups is 1. The van der Waals surface area contributed by atoms with Gasteiger partial charge in [-0.05, 0) is 78.9 Å². The van der Waals surface area contributed by atoms with Crippen LogP contribution in [0, 0.1) is 6.92 Å². The second-order valence-electron chi connectivity index (χ2n) is 9.44. The van der Waals surface area contributed by atoms with Crippen molar-refractivity contribution in [1.82, 2.24) is 14.7 Å². The molecule has 1 unspecified atom stereocenters. The van der Waals surface area contributed by atoms with E-state index in [0.29, 0.717) is 17.9 Å². The number of rotatable bonds is 8. The quantitative estimate of drug-likeness (QED) is 0.230. The summed E-state index contributed by atoms with van der Waals surface area (Å²) in [5.74, 6) is 0.759. The molecule has 1 N–H and O–H groups in total. The number of hydrogen-bond donors (Lipinski definition) is 1. The predicted molar refractivity (Wildman–Crippen MR) is 154 cm³/mol. The second-order valence-corrected chi connectivity index (χ2v) is 9.88. The average molecular weight is 524 g/mol. The molecule has 1 atom stereocenters. The van der Waals surface area contributed by atoms with Gasteiger partial charge in [0.15, 0.2) is 0 Å². The second kappa shape index (κ2) is 11.1. The minimum absolute atomic E-state index is 0.00223. The van der Waals surface area contributed by atoms with Crippen LogP contribution in [0.1, 0.15) is 36.2 Å². The molecular formula is C32H30ClN3O2. The summed E-state index contributed by atoms with van der Waals surface area (Å²) in [6.07, 6.45) is 2.97. The van der Waals surface area contributed by atoms with Crippen LogP contribution in [0.3, 0.4) is 0 Å². The highest BCUT2D eigenvalue weighted by Crippen LogP contribution is 2.31. The van der Waals surface area contributed by atoms with Gasteiger partial charge in [0.2, 0.25) is 5.91 Å².